The second kappa shape index (κ2) is 4.24. The number of oxazole rings is 1. The Kier molecular flexibility index (Phi) is 2.56. The minimum Gasteiger partial charge on any atom is -0.428 e. The topological polar surface area (TPSA) is 47.5 Å². The number of fused-ring (bicyclic) bond motifs is 3. The minimum atomic E-state index is -0.274. The van der Waals surface area contributed by atoms with E-state index in [1.165, 1.54) is 0 Å². The van der Waals surface area contributed by atoms with Crippen LogP contribution in [-0.4, -0.2) is 9.38 Å². The molecule has 0 radical (unpaired) electrons. The molecule has 0 spiro atoms. The first kappa shape index (κ1) is 11.5. The largest absolute Gasteiger partial charge is 0.428 e. The number of nitrogens with zero attached hydrogens (tertiary/aromatic N) is 2. The Labute approximate surface area is 109 Å². The normalized spacial score (nSPS) is 11.6. The molecule has 2 aromatic heterocycles. The summed E-state index contributed by atoms with van der Waals surface area (Å²) in [5.74, 6) is 1.02. The fourth-order valence-corrected chi connectivity index (χ4v) is 2.15. The number of para-hydroxylation sites is 1. The molecule has 0 N–H and O–H groups in total. The third-order valence-corrected chi connectivity index (χ3v) is 3.00. The molecule has 19 heavy (non-hydrogen) atoms. The van der Waals surface area contributed by atoms with E-state index in [1.807, 2.05) is 41.7 Å². The second-order valence-electron chi connectivity index (χ2n) is 4.19. The van der Waals surface area contributed by atoms with Crippen molar-refractivity contribution in [2.24, 2.45) is 0 Å². The Morgan fingerprint density at radius 1 is 1.37 bits per heavy atom. The van der Waals surface area contributed by atoms with Crippen molar-refractivity contribution in [3.8, 4) is 0 Å². The summed E-state index contributed by atoms with van der Waals surface area (Å²) in [6, 6.07) is 7.35. The van der Waals surface area contributed by atoms with Crippen LogP contribution in [0.2, 0.25) is 0 Å². The van der Waals surface area contributed by atoms with Crippen molar-refractivity contribution < 1.29 is 4.42 Å². The number of hydrogen-bond donors (Lipinski definition) is 0. The summed E-state index contributed by atoms with van der Waals surface area (Å²) in [7, 11) is 0. The van der Waals surface area contributed by atoms with Crippen LogP contribution in [0.15, 0.2) is 52.2 Å². The number of hydrogen-bond acceptors (Lipinski definition) is 3. The second-order valence-corrected chi connectivity index (χ2v) is 4.19. The SMILES string of the molecule is C=C/C=C\c1c(C)oc2nc(=O)c3ccccc3n12. The highest BCUT2D eigenvalue weighted by Crippen LogP contribution is 2.20. The number of aryl methyl sites for hydroxylation is 1. The molecule has 0 bridgehead atoms. The molecule has 0 unspecified atom stereocenters. The number of benzene rings is 1. The van der Waals surface area contributed by atoms with Crippen molar-refractivity contribution in [1.29, 1.82) is 0 Å². The van der Waals surface area contributed by atoms with Crippen LogP contribution in [0.4, 0.5) is 0 Å². The smallest absolute Gasteiger partial charge is 0.310 e. The standard InChI is InChI=1S/C15H12N2O2/c1-3-4-8-12-10(2)19-15-16-14(18)11-7-5-6-9-13(11)17(12)15/h3-9H,1H2,2H3/b8-4-. The molecule has 0 aliphatic heterocycles. The van der Waals surface area contributed by atoms with Gasteiger partial charge in [-0.15, -0.1) is 0 Å². The van der Waals surface area contributed by atoms with E-state index in [4.69, 9.17) is 4.42 Å². The highest BCUT2D eigenvalue weighted by Gasteiger charge is 2.13. The summed E-state index contributed by atoms with van der Waals surface area (Å²) in [4.78, 5) is 15.9. The predicted molar refractivity (Wildman–Crippen MR) is 75.2 cm³/mol. The molecule has 0 fully saturated rings. The fourth-order valence-electron chi connectivity index (χ4n) is 2.15. The summed E-state index contributed by atoms with van der Waals surface area (Å²) in [6.45, 7) is 5.50. The van der Waals surface area contributed by atoms with Gasteiger partial charge in [-0.2, -0.15) is 4.98 Å². The molecule has 1 aromatic carbocycles. The van der Waals surface area contributed by atoms with Gasteiger partial charge in [0.05, 0.1) is 16.6 Å². The summed E-state index contributed by atoms with van der Waals surface area (Å²) in [5, 5.41) is 0.578. The lowest BCUT2D eigenvalue weighted by Crippen LogP contribution is -2.09. The zero-order valence-corrected chi connectivity index (χ0v) is 10.5. The molecule has 0 aliphatic rings. The minimum absolute atomic E-state index is 0.274. The number of aromatic nitrogens is 2. The van der Waals surface area contributed by atoms with Crippen LogP contribution >= 0.6 is 0 Å². The van der Waals surface area contributed by atoms with Crippen molar-refractivity contribution in [3.05, 3.63) is 64.8 Å². The highest BCUT2D eigenvalue weighted by atomic mass is 16.4. The molecular weight excluding hydrogens is 240 g/mol. The first-order valence-electron chi connectivity index (χ1n) is 5.92. The van der Waals surface area contributed by atoms with E-state index in [2.05, 4.69) is 11.6 Å². The van der Waals surface area contributed by atoms with Crippen LogP contribution in [0.3, 0.4) is 0 Å². The monoisotopic (exact) mass is 252 g/mol. The van der Waals surface area contributed by atoms with Crippen LogP contribution in [0, 0.1) is 6.92 Å². The van der Waals surface area contributed by atoms with E-state index >= 15 is 0 Å². The number of rotatable bonds is 2. The van der Waals surface area contributed by atoms with Crippen molar-refractivity contribution in [2.75, 3.05) is 0 Å². The average molecular weight is 252 g/mol. The Morgan fingerprint density at radius 2 is 2.16 bits per heavy atom. The molecule has 0 amide bonds. The molecule has 0 aliphatic carbocycles. The van der Waals surface area contributed by atoms with Gasteiger partial charge in [-0.3, -0.25) is 9.20 Å². The van der Waals surface area contributed by atoms with Gasteiger partial charge in [0.1, 0.15) is 5.76 Å². The Hall–Kier alpha value is -2.62. The molecule has 4 heteroatoms. The first-order chi connectivity index (χ1) is 9.22. The predicted octanol–water partition coefficient (Wildman–Crippen LogP) is 2.95. The van der Waals surface area contributed by atoms with Crippen molar-refractivity contribution >= 4 is 22.8 Å². The van der Waals surface area contributed by atoms with Gasteiger partial charge >= 0.3 is 5.84 Å². The Bertz CT molecular complexity index is 869. The van der Waals surface area contributed by atoms with Gasteiger partial charge < -0.3 is 4.42 Å². The lowest BCUT2D eigenvalue weighted by Gasteiger charge is -2.01. The molecule has 4 nitrogen and oxygen atoms in total. The van der Waals surface area contributed by atoms with Crippen molar-refractivity contribution in [1.82, 2.24) is 9.38 Å². The van der Waals surface area contributed by atoms with Crippen LogP contribution in [0.5, 0.6) is 0 Å². The van der Waals surface area contributed by atoms with Gasteiger partial charge in [0.25, 0.3) is 5.56 Å². The van der Waals surface area contributed by atoms with E-state index in [9.17, 15) is 4.79 Å². The van der Waals surface area contributed by atoms with Crippen LogP contribution in [0.25, 0.3) is 22.8 Å². The zero-order valence-electron chi connectivity index (χ0n) is 10.5. The maximum atomic E-state index is 11.9. The quantitative estimate of drug-likeness (QED) is 0.659. The third-order valence-electron chi connectivity index (χ3n) is 3.00. The van der Waals surface area contributed by atoms with Gasteiger partial charge in [-0.25, -0.2) is 0 Å². The van der Waals surface area contributed by atoms with E-state index in [0.29, 0.717) is 17.0 Å². The van der Waals surface area contributed by atoms with Gasteiger partial charge in [-0.05, 0) is 25.1 Å². The third kappa shape index (κ3) is 1.69. The maximum absolute atomic E-state index is 11.9. The van der Waals surface area contributed by atoms with Crippen molar-refractivity contribution in [2.45, 2.75) is 6.92 Å². The summed E-state index contributed by atoms with van der Waals surface area (Å²) < 4.78 is 7.39. The summed E-state index contributed by atoms with van der Waals surface area (Å²) in [5.41, 5.74) is 1.38. The maximum Gasteiger partial charge on any atom is 0.310 e. The van der Waals surface area contributed by atoms with Crippen molar-refractivity contribution in [3.63, 3.8) is 0 Å². The molecule has 3 rings (SSSR count). The summed E-state index contributed by atoms with van der Waals surface area (Å²) >= 11 is 0. The molecule has 2 heterocycles. The van der Waals surface area contributed by atoms with Gasteiger partial charge in [0.15, 0.2) is 0 Å². The Morgan fingerprint density at radius 3 is 2.95 bits per heavy atom. The van der Waals surface area contributed by atoms with E-state index < -0.39 is 0 Å². The van der Waals surface area contributed by atoms with E-state index in [0.717, 1.165) is 11.2 Å². The number of allylic oxidation sites excluding steroid dienone is 2. The van der Waals surface area contributed by atoms with Crippen LogP contribution in [0.1, 0.15) is 11.5 Å². The fraction of sp³-hybridized carbons (Fsp3) is 0.0667. The Balaban J connectivity index is 2.54. The van der Waals surface area contributed by atoms with Gasteiger partial charge in [0.2, 0.25) is 0 Å². The van der Waals surface area contributed by atoms with Gasteiger partial charge in [0, 0.05) is 0 Å². The van der Waals surface area contributed by atoms with E-state index in [-0.39, 0.29) is 5.56 Å². The lowest BCUT2D eigenvalue weighted by molar-refractivity contribution is 0.559. The van der Waals surface area contributed by atoms with Crippen LogP contribution in [-0.2, 0) is 0 Å². The first-order valence-corrected chi connectivity index (χ1v) is 5.92. The molecular formula is C15H12N2O2. The lowest BCUT2D eigenvalue weighted by atomic mass is 10.2. The molecule has 0 saturated carbocycles. The van der Waals surface area contributed by atoms with E-state index in [1.54, 1.807) is 12.1 Å². The highest BCUT2D eigenvalue weighted by molar-refractivity contribution is 5.81. The molecule has 3 aromatic rings. The molecule has 94 valence electrons. The molecule has 0 saturated heterocycles. The van der Waals surface area contributed by atoms with Crippen LogP contribution < -0.4 is 5.56 Å². The summed E-state index contributed by atoms with van der Waals surface area (Å²) in [6.07, 6.45) is 5.40. The van der Waals surface area contributed by atoms with Gasteiger partial charge in [-0.1, -0.05) is 30.9 Å². The zero-order chi connectivity index (χ0) is 13.4. The average Bonchev–Trinajstić information content (AvgIpc) is 2.72. The molecule has 0 atom stereocenters.